The molecule has 0 bridgehead atoms. The van der Waals surface area contributed by atoms with Gasteiger partial charge < -0.3 is 25.4 Å². The third-order valence-electron chi connectivity index (χ3n) is 4.81. The van der Waals surface area contributed by atoms with Gasteiger partial charge in [0.2, 0.25) is 0 Å². The maximum atomic E-state index is 12.5. The summed E-state index contributed by atoms with van der Waals surface area (Å²) in [4.78, 5) is 28.1. The number of ether oxygens (including phenoxy) is 2. The highest BCUT2D eigenvalue weighted by Crippen LogP contribution is 2.30. The van der Waals surface area contributed by atoms with E-state index in [0.717, 1.165) is 23.8 Å². The summed E-state index contributed by atoms with van der Waals surface area (Å²) in [6.07, 6.45) is -0.0427. The number of nitrogens with zero attached hydrogens (tertiary/aromatic N) is 5. The fraction of sp³-hybridized carbons (Fsp3) is 0.611. The van der Waals surface area contributed by atoms with Crippen LogP contribution in [0.3, 0.4) is 0 Å². The Labute approximate surface area is 177 Å². The van der Waals surface area contributed by atoms with Crippen molar-refractivity contribution in [3.8, 4) is 0 Å². The maximum absolute atomic E-state index is 12.5. The van der Waals surface area contributed by atoms with Crippen LogP contribution in [0.1, 0.15) is 38.1 Å². The highest BCUT2D eigenvalue weighted by Gasteiger charge is 2.44. The second kappa shape index (κ2) is 9.85. The summed E-state index contributed by atoms with van der Waals surface area (Å²) >= 11 is 0. The Morgan fingerprint density at radius 2 is 2.10 bits per heavy atom. The van der Waals surface area contributed by atoms with E-state index in [1.165, 1.54) is 10.9 Å². The molecular formula is C18H27N7O6. The molecule has 4 atom stereocenters. The molecule has 0 radical (unpaired) electrons. The Morgan fingerprint density at radius 3 is 2.77 bits per heavy atom. The Kier molecular flexibility index (Phi) is 7.20. The summed E-state index contributed by atoms with van der Waals surface area (Å²) in [5.74, 6) is -0.163. The molecular weight excluding hydrogens is 410 g/mol. The molecule has 1 aliphatic heterocycles. The SMILES string of the molecule is CCCCCOC(=O)Nc1nc(=O)n([C@@H]2OC(Cn3cc(C)nn3)[C@@H](O)[C@H]2O)cc1N. The van der Waals surface area contributed by atoms with Gasteiger partial charge in [-0.15, -0.1) is 5.10 Å². The van der Waals surface area contributed by atoms with Crippen molar-refractivity contribution < 1.29 is 24.5 Å². The second-order valence-corrected chi connectivity index (χ2v) is 7.33. The highest BCUT2D eigenvalue weighted by molar-refractivity contribution is 5.86. The van der Waals surface area contributed by atoms with Crippen LogP contribution in [0, 0.1) is 6.92 Å². The van der Waals surface area contributed by atoms with E-state index in [1.807, 2.05) is 6.92 Å². The molecule has 1 aliphatic rings. The third kappa shape index (κ3) is 5.37. The number of hydrogen-bond acceptors (Lipinski definition) is 10. The fourth-order valence-corrected chi connectivity index (χ4v) is 3.19. The number of unbranched alkanes of at least 4 members (excludes halogenated alkanes) is 2. The van der Waals surface area contributed by atoms with E-state index in [0.29, 0.717) is 5.69 Å². The third-order valence-corrected chi connectivity index (χ3v) is 4.81. The van der Waals surface area contributed by atoms with Crippen LogP contribution in [-0.4, -0.2) is 65.8 Å². The summed E-state index contributed by atoms with van der Waals surface area (Å²) < 4.78 is 13.1. The van der Waals surface area contributed by atoms with Crippen LogP contribution >= 0.6 is 0 Å². The van der Waals surface area contributed by atoms with Gasteiger partial charge in [-0.2, -0.15) is 4.98 Å². The monoisotopic (exact) mass is 437 g/mol. The zero-order chi connectivity index (χ0) is 22.5. The normalized spacial score (nSPS) is 23.1. The summed E-state index contributed by atoms with van der Waals surface area (Å²) in [6.45, 7) is 4.15. The zero-order valence-corrected chi connectivity index (χ0v) is 17.3. The molecule has 31 heavy (non-hydrogen) atoms. The first-order chi connectivity index (χ1) is 14.8. The minimum atomic E-state index is -1.41. The Bertz CT molecular complexity index is 961. The minimum absolute atomic E-state index is 0.0363. The molecule has 2 aromatic heterocycles. The van der Waals surface area contributed by atoms with Crippen LogP contribution in [-0.2, 0) is 16.0 Å². The predicted molar refractivity (Wildman–Crippen MR) is 108 cm³/mol. The van der Waals surface area contributed by atoms with Gasteiger partial charge in [0.05, 0.1) is 24.5 Å². The molecule has 1 amide bonds. The number of amides is 1. The molecule has 170 valence electrons. The number of nitrogens with two attached hydrogens (primary N) is 1. The van der Waals surface area contributed by atoms with E-state index in [-0.39, 0.29) is 24.7 Å². The molecule has 0 spiro atoms. The average Bonchev–Trinajstić information content (AvgIpc) is 3.26. The number of rotatable bonds is 8. The fourth-order valence-electron chi connectivity index (χ4n) is 3.19. The summed E-state index contributed by atoms with van der Waals surface area (Å²) in [5.41, 5.74) is 5.73. The van der Waals surface area contributed by atoms with E-state index >= 15 is 0 Å². The number of aryl methyl sites for hydroxylation is 1. The lowest BCUT2D eigenvalue weighted by atomic mass is 10.1. The summed E-state index contributed by atoms with van der Waals surface area (Å²) in [5, 5.41) is 30.8. The minimum Gasteiger partial charge on any atom is -0.449 e. The molecule has 3 rings (SSSR count). The molecule has 13 heteroatoms. The molecule has 3 heterocycles. The van der Waals surface area contributed by atoms with Crippen LogP contribution in [0.25, 0.3) is 0 Å². The van der Waals surface area contributed by atoms with Crippen LogP contribution in [0.15, 0.2) is 17.2 Å². The van der Waals surface area contributed by atoms with Crippen LogP contribution < -0.4 is 16.7 Å². The molecule has 0 aliphatic carbocycles. The number of anilines is 2. The van der Waals surface area contributed by atoms with Crippen LogP contribution in [0.2, 0.25) is 0 Å². The standard InChI is InChI=1S/C18H27N7O6/c1-3-4-5-6-30-18(29)21-15-11(19)8-25(17(28)20-15)16-14(27)13(26)12(31-16)9-24-7-10(2)22-23-24/h7-8,12-14,16,26-27H,3-6,9,19H2,1-2H3,(H,20,21,28,29)/t12?,13-,14-,16-/m1/s1. The largest absolute Gasteiger partial charge is 0.449 e. The van der Waals surface area contributed by atoms with Crippen molar-refractivity contribution in [3.05, 3.63) is 28.6 Å². The van der Waals surface area contributed by atoms with E-state index < -0.39 is 36.3 Å². The summed E-state index contributed by atoms with van der Waals surface area (Å²) in [6, 6.07) is 0. The number of nitrogens with one attached hydrogen (secondary N) is 1. The summed E-state index contributed by atoms with van der Waals surface area (Å²) in [7, 11) is 0. The Balaban J connectivity index is 1.69. The maximum Gasteiger partial charge on any atom is 0.412 e. The van der Waals surface area contributed by atoms with E-state index in [1.54, 1.807) is 13.1 Å². The van der Waals surface area contributed by atoms with Crippen LogP contribution in [0.4, 0.5) is 16.3 Å². The highest BCUT2D eigenvalue weighted by atomic mass is 16.6. The van der Waals surface area contributed by atoms with Crippen molar-refractivity contribution in [1.29, 1.82) is 0 Å². The van der Waals surface area contributed by atoms with Crippen molar-refractivity contribution in [1.82, 2.24) is 24.5 Å². The van der Waals surface area contributed by atoms with Gasteiger partial charge in [0.1, 0.15) is 18.3 Å². The molecule has 1 unspecified atom stereocenters. The van der Waals surface area contributed by atoms with Crippen molar-refractivity contribution in [3.63, 3.8) is 0 Å². The number of hydrogen-bond donors (Lipinski definition) is 4. The molecule has 1 fully saturated rings. The van der Waals surface area contributed by atoms with Gasteiger partial charge in [-0.25, -0.2) is 14.3 Å². The first-order valence-corrected chi connectivity index (χ1v) is 10.0. The Morgan fingerprint density at radius 1 is 1.32 bits per heavy atom. The quantitative estimate of drug-likeness (QED) is 0.403. The zero-order valence-electron chi connectivity index (χ0n) is 17.3. The molecule has 0 saturated carbocycles. The molecule has 0 aromatic carbocycles. The predicted octanol–water partition coefficient (Wildman–Crippen LogP) is -0.216. The van der Waals surface area contributed by atoms with Gasteiger partial charge >= 0.3 is 11.8 Å². The lowest BCUT2D eigenvalue weighted by Gasteiger charge is -2.18. The van der Waals surface area contributed by atoms with Crippen LogP contribution in [0.5, 0.6) is 0 Å². The topological polar surface area (TPSA) is 180 Å². The van der Waals surface area contributed by atoms with Crippen molar-refractivity contribution in [2.24, 2.45) is 0 Å². The van der Waals surface area contributed by atoms with E-state index in [2.05, 4.69) is 20.6 Å². The molecule has 5 N–H and O–H groups in total. The lowest BCUT2D eigenvalue weighted by molar-refractivity contribution is -0.0448. The van der Waals surface area contributed by atoms with Gasteiger partial charge in [0, 0.05) is 12.4 Å². The van der Waals surface area contributed by atoms with Gasteiger partial charge in [-0.3, -0.25) is 9.88 Å². The van der Waals surface area contributed by atoms with Crippen molar-refractivity contribution >= 4 is 17.6 Å². The van der Waals surface area contributed by atoms with Gasteiger partial charge in [0.25, 0.3) is 0 Å². The van der Waals surface area contributed by atoms with Crippen molar-refractivity contribution in [2.45, 2.75) is 64.2 Å². The van der Waals surface area contributed by atoms with Gasteiger partial charge in [-0.05, 0) is 13.3 Å². The number of carbonyl (C=O) groups is 1. The first-order valence-electron chi connectivity index (χ1n) is 10.0. The Hall–Kier alpha value is -3.03. The van der Waals surface area contributed by atoms with E-state index in [9.17, 15) is 19.8 Å². The first kappa shape index (κ1) is 22.7. The van der Waals surface area contributed by atoms with Gasteiger partial charge in [-0.1, -0.05) is 25.0 Å². The number of aromatic nitrogens is 5. The number of aliphatic hydroxyl groups excluding tert-OH is 2. The van der Waals surface area contributed by atoms with Gasteiger partial charge in [0.15, 0.2) is 12.0 Å². The number of nitrogen functional groups attached to an aromatic ring is 1. The van der Waals surface area contributed by atoms with Crippen molar-refractivity contribution in [2.75, 3.05) is 17.7 Å². The molecule has 13 nitrogen and oxygen atoms in total. The molecule has 1 saturated heterocycles. The molecule has 2 aromatic rings. The van der Waals surface area contributed by atoms with E-state index in [4.69, 9.17) is 15.2 Å². The lowest BCUT2D eigenvalue weighted by Crippen LogP contribution is -2.36. The number of carbonyl (C=O) groups excluding carboxylic acids is 1. The average molecular weight is 437 g/mol. The number of aliphatic hydroxyl groups is 2. The smallest absolute Gasteiger partial charge is 0.412 e. The second-order valence-electron chi connectivity index (χ2n) is 7.33.